The van der Waals surface area contributed by atoms with Gasteiger partial charge in [0.05, 0.1) is 12.0 Å². The second-order valence-electron chi connectivity index (χ2n) is 6.91. The molecule has 3 rings (SSSR count). The largest absolute Gasteiger partial charge is 0.497 e. The first-order chi connectivity index (χ1) is 13.5. The summed E-state index contributed by atoms with van der Waals surface area (Å²) in [6.07, 6.45) is 2.61. The Bertz CT molecular complexity index is 882. The van der Waals surface area contributed by atoms with Crippen LogP contribution in [0.1, 0.15) is 31.2 Å². The minimum Gasteiger partial charge on any atom is -0.497 e. The minimum atomic E-state index is -3.59. The monoisotopic (exact) mass is 402 g/mol. The Labute approximate surface area is 166 Å². The van der Waals surface area contributed by atoms with E-state index in [0.29, 0.717) is 19.5 Å². The number of carbonyl (C=O) groups excluding carboxylic acids is 1. The van der Waals surface area contributed by atoms with E-state index in [2.05, 4.69) is 5.32 Å². The van der Waals surface area contributed by atoms with Crippen molar-refractivity contribution in [2.45, 2.75) is 43.2 Å². The fraction of sp³-hybridized carbons (Fsp3) is 0.381. The average Bonchev–Trinajstić information content (AvgIpc) is 2.73. The van der Waals surface area contributed by atoms with Crippen molar-refractivity contribution >= 4 is 15.9 Å². The molecule has 0 aliphatic carbocycles. The lowest BCUT2D eigenvalue weighted by molar-refractivity contribution is -0.122. The molecule has 1 atom stereocenters. The van der Waals surface area contributed by atoms with Crippen LogP contribution < -0.4 is 10.1 Å². The maximum atomic E-state index is 13.0. The molecule has 2 aromatic carbocycles. The molecular weight excluding hydrogens is 376 g/mol. The molecule has 1 saturated heterocycles. The summed E-state index contributed by atoms with van der Waals surface area (Å²) < 4.78 is 32.6. The van der Waals surface area contributed by atoms with Crippen molar-refractivity contribution in [1.82, 2.24) is 9.62 Å². The highest BCUT2D eigenvalue weighted by molar-refractivity contribution is 7.89. The Balaban J connectivity index is 1.63. The molecule has 1 aliphatic heterocycles. The van der Waals surface area contributed by atoms with Crippen LogP contribution >= 0.6 is 0 Å². The Morgan fingerprint density at radius 2 is 1.82 bits per heavy atom. The number of nitrogens with zero attached hydrogens (tertiary/aromatic N) is 1. The molecule has 7 heteroatoms. The number of methoxy groups -OCH3 is 1. The molecule has 0 radical (unpaired) electrons. The number of ether oxygens (including phenoxy) is 1. The van der Waals surface area contributed by atoms with E-state index in [0.717, 1.165) is 24.2 Å². The number of hydrogen-bond donors (Lipinski definition) is 1. The first-order valence-electron chi connectivity index (χ1n) is 9.47. The number of rotatable bonds is 7. The Morgan fingerprint density at radius 3 is 2.50 bits per heavy atom. The number of nitrogens with one attached hydrogen (secondary N) is 1. The van der Waals surface area contributed by atoms with Crippen LogP contribution in [0, 0.1) is 0 Å². The molecule has 1 heterocycles. The van der Waals surface area contributed by atoms with Crippen LogP contribution in [-0.4, -0.2) is 38.3 Å². The zero-order valence-corrected chi connectivity index (χ0v) is 16.8. The number of sulfonamides is 1. The summed E-state index contributed by atoms with van der Waals surface area (Å²) in [4.78, 5) is 12.7. The summed E-state index contributed by atoms with van der Waals surface area (Å²) in [6, 6.07) is 15.6. The van der Waals surface area contributed by atoms with E-state index < -0.39 is 10.0 Å². The van der Waals surface area contributed by atoms with Crippen LogP contribution in [0.4, 0.5) is 0 Å². The molecule has 0 bridgehead atoms. The number of amides is 1. The van der Waals surface area contributed by atoms with Crippen LogP contribution in [0.2, 0.25) is 0 Å². The lowest BCUT2D eigenvalue weighted by Gasteiger charge is -2.34. The summed E-state index contributed by atoms with van der Waals surface area (Å²) in [7, 11) is -1.98. The molecule has 1 fully saturated rings. The molecular formula is C21H26N2O4S. The van der Waals surface area contributed by atoms with Gasteiger partial charge < -0.3 is 10.1 Å². The highest BCUT2D eigenvalue weighted by atomic mass is 32.2. The van der Waals surface area contributed by atoms with Gasteiger partial charge in [-0.15, -0.1) is 0 Å². The van der Waals surface area contributed by atoms with Gasteiger partial charge in [0.1, 0.15) is 5.75 Å². The van der Waals surface area contributed by atoms with Gasteiger partial charge in [-0.2, -0.15) is 4.31 Å². The van der Waals surface area contributed by atoms with Gasteiger partial charge in [0.25, 0.3) is 0 Å². The highest BCUT2D eigenvalue weighted by Gasteiger charge is 2.34. The molecule has 6 nitrogen and oxygen atoms in total. The van der Waals surface area contributed by atoms with Crippen molar-refractivity contribution in [3.8, 4) is 5.75 Å². The van der Waals surface area contributed by atoms with Crippen molar-refractivity contribution < 1.29 is 17.9 Å². The van der Waals surface area contributed by atoms with E-state index in [-0.39, 0.29) is 23.3 Å². The quantitative estimate of drug-likeness (QED) is 0.773. The van der Waals surface area contributed by atoms with Crippen molar-refractivity contribution in [2.75, 3.05) is 13.7 Å². The van der Waals surface area contributed by atoms with Gasteiger partial charge in [-0.1, -0.05) is 36.8 Å². The summed E-state index contributed by atoms with van der Waals surface area (Å²) >= 11 is 0. The summed E-state index contributed by atoms with van der Waals surface area (Å²) in [5.41, 5.74) is 0.964. The fourth-order valence-corrected chi connectivity index (χ4v) is 5.17. The lowest BCUT2D eigenvalue weighted by atomic mass is 10.0. The Morgan fingerprint density at radius 1 is 1.11 bits per heavy atom. The minimum absolute atomic E-state index is 0.143. The number of hydrogen-bond acceptors (Lipinski definition) is 4. The van der Waals surface area contributed by atoms with Crippen LogP contribution in [-0.2, 0) is 21.4 Å². The third-order valence-electron chi connectivity index (χ3n) is 4.99. The molecule has 1 aliphatic rings. The number of carbonyl (C=O) groups is 1. The third-order valence-corrected chi connectivity index (χ3v) is 6.96. The van der Waals surface area contributed by atoms with Crippen molar-refractivity contribution in [3.63, 3.8) is 0 Å². The van der Waals surface area contributed by atoms with Gasteiger partial charge in [0, 0.05) is 25.6 Å². The first kappa shape index (κ1) is 20.4. The Hall–Kier alpha value is -2.38. The van der Waals surface area contributed by atoms with E-state index in [1.807, 2.05) is 24.3 Å². The first-order valence-corrected chi connectivity index (χ1v) is 10.9. The molecule has 0 saturated carbocycles. The zero-order valence-electron chi connectivity index (χ0n) is 16.0. The smallest absolute Gasteiger partial charge is 0.243 e. The van der Waals surface area contributed by atoms with E-state index in [1.54, 1.807) is 37.4 Å². The number of benzene rings is 2. The molecule has 2 aromatic rings. The highest BCUT2D eigenvalue weighted by Crippen LogP contribution is 2.27. The second-order valence-corrected chi connectivity index (χ2v) is 8.80. The lowest BCUT2D eigenvalue weighted by Crippen LogP contribution is -2.45. The van der Waals surface area contributed by atoms with Crippen LogP contribution in [0.5, 0.6) is 5.75 Å². The maximum absolute atomic E-state index is 13.0. The van der Waals surface area contributed by atoms with Gasteiger partial charge in [0.2, 0.25) is 15.9 Å². The van der Waals surface area contributed by atoms with Gasteiger partial charge in [0.15, 0.2) is 0 Å². The topological polar surface area (TPSA) is 75.7 Å². The van der Waals surface area contributed by atoms with Crippen molar-refractivity contribution in [1.29, 1.82) is 0 Å². The summed E-state index contributed by atoms with van der Waals surface area (Å²) in [5, 5.41) is 2.89. The van der Waals surface area contributed by atoms with Crippen LogP contribution in [0.3, 0.4) is 0 Å². The van der Waals surface area contributed by atoms with Crippen LogP contribution in [0.25, 0.3) is 0 Å². The van der Waals surface area contributed by atoms with Gasteiger partial charge in [-0.05, 0) is 42.7 Å². The second kappa shape index (κ2) is 9.21. The van der Waals surface area contributed by atoms with Gasteiger partial charge >= 0.3 is 0 Å². The molecule has 0 spiro atoms. The molecule has 28 heavy (non-hydrogen) atoms. The molecule has 1 amide bonds. The standard InChI is InChI=1S/C21H26N2O4S/c1-27-19-12-10-17(11-13-19)16-22-21(24)15-18-7-5-6-14-23(18)28(25,26)20-8-3-2-4-9-20/h2-4,8-13,18H,5-7,14-16H2,1H3,(H,22,24)/t18-/m0/s1. The van der Waals surface area contributed by atoms with Crippen molar-refractivity contribution in [2.24, 2.45) is 0 Å². The molecule has 1 N–H and O–H groups in total. The third kappa shape index (κ3) is 4.91. The average molecular weight is 403 g/mol. The predicted octanol–water partition coefficient (Wildman–Crippen LogP) is 2.94. The summed E-state index contributed by atoms with van der Waals surface area (Å²) in [6.45, 7) is 0.856. The van der Waals surface area contributed by atoms with E-state index >= 15 is 0 Å². The van der Waals surface area contributed by atoms with Gasteiger partial charge in [-0.25, -0.2) is 8.42 Å². The van der Waals surface area contributed by atoms with E-state index in [1.165, 1.54) is 4.31 Å². The molecule has 150 valence electrons. The van der Waals surface area contributed by atoms with Crippen molar-refractivity contribution in [3.05, 3.63) is 60.2 Å². The summed E-state index contributed by atoms with van der Waals surface area (Å²) in [5.74, 6) is 0.620. The van der Waals surface area contributed by atoms with E-state index in [4.69, 9.17) is 4.74 Å². The maximum Gasteiger partial charge on any atom is 0.243 e. The van der Waals surface area contributed by atoms with Crippen LogP contribution in [0.15, 0.2) is 59.5 Å². The zero-order chi connectivity index (χ0) is 20.0. The fourth-order valence-electron chi connectivity index (χ4n) is 3.45. The number of piperidine rings is 1. The van der Waals surface area contributed by atoms with Gasteiger partial charge in [-0.3, -0.25) is 4.79 Å². The molecule has 0 aromatic heterocycles. The predicted molar refractivity (Wildman–Crippen MR) is 107 cm³/mol. The normalized spacial score (nSPS) is 17.8. The Kier molecular flexibility index (Phi) is 6.70. The SMILES string of the molecule is COc1ccc(CNC(=O)C[C@@H]2CCCCN2S(=O)(=O)c2ccccc2)cc1. The van der Waals surface area contributed by atoms with E-state index in [9.17, 15) is 13.2 Å². The molecule has 0 unspecified atom stereocenters.